The Morgan fingerprint density at radius 3 is 2.57 bits per heavy atom. The molecule has 0 radical (unpaired) electrons. The number of halogens is 2. The number of aromatic nitrogens is 2. The van der Waals surface area contributed by atoms with Crippen molar-refractivity contribution in [3.63, 3.8) is 0 Å². The molecule has 2 fully saturated rings. The van der Waals surface area contributed by atoms with Crippen molar-refractivity contribution in [3.8, 4) is 0 Å². The van der Waals surface area contributed by atoms with Gasteiger partial charge in [-0.05, 0) is 24.7 Å². The Morgan fingerprint density at radius 2 is 1.86 bits per heavy atom. The molecule has 1 atom stereocenters. The van der Waals surface area contributed by atoms with Crippen LogP contribution in [0.2, 0.25) is 0 Å². The van der Waals surface area contributed by atoms with Crippen molar-refractivity contribution in [2.24, 2.45) is 0 Å². The molecule has 0 spiro atoms. The zero-order valence-corrected chi connectivity index (χ0v) is 17.0. The summed E-state index contributed by atoms with van der Waals surface area (Å²) in [7, 11) is 2.14. The van der Waals surface area contributed by atoms with E-state index in [1.54, 1.807) is 12.1 Å². The van der Waals surface area contributed by atoms with Gasteiger partial charge in [-0.3, -0.25) is 4.90 Å². The van der Waals surface area contributed by atoms with Gasteiger partial charge in [0.15, 0.2) is 0 Å². The minimum Gasteiger partial charge on any atom is -0.338 e. The predicted octanol–water partition coefficient (Wildman–Crippen LogP) is 1.94. The fourth-order valence-corrected chi connectivity index (χ4v) is 3.81. The van der Waals surface area contributed by atoms with Gasteiger partial charge in [0.2, 0.25) is 5.95 Å². The molecule has 2 saturated heterocycles. The van der Waals surface area contributed by atoms with Gasteiger partial charge in [-0.25, -0.2) is 14.4 Å². The third-order valence-corrected chi connectivity index (χ3v) is 5.45. The number of nitrogens with zero attached hydrogens (tertiary/aromatic N) is 5. The molecule has 28 heavy (non-hydrogen) atoms. The van der Waals surface area contributed by atoms with E-state index in [1.165, 1.54) is 6.07 Å². The molecule has 152 valence electrons. The van der Waals surface area contributed by atoms with Gasteiger partial charge in [-0.2, -0.15) is 0 Å². The smallest absolute Gasteiger partial charge is 0.225 e. The van der Waals surface area contributed by atoms with Crippen molar-refractivity contribution in [3.05, 3.63) is 53.6 Å². The van der Waals surface area contributed by atoms with E-state index < -0.39 is 0 Å². The van der Waals surface area contributed by atoms with Crippen molar-refractivity contribution in [1.29, 1.82) is 0 Å². The first kappa shape index (κ1) is 20.9. The fourth-order valence-electron chi connectivity index (χ4n) is 3.81. The van der Waals surface area contributed by atoms with Crippen LogP contribution in [0.4, 0.5) is 10.3 Å². The molecule has 1 aromatic carbocycles. The van der Waals surface area contributed by atoms with E-state index in [1.807, 2.05) is 18.5 Å². The van der Waals surface area contributed by atoms with Crippen LogP contribution in [0.1, 0.15) is 17.2 Å². The monoisotopic (exact) mass is 406 g/mol. The average molecular weight is 407 g/mol. The lowest BCUT2D eigenvalue weighted by Crippen LogP contribution is -2.45. The standard InChI is InChI=1S/C20H27FN6.ClH/c1-25-7-9-26(10-8-25)20-23-12-16(13-24-20)15-27-6-5-22-14-19(27)17-3-2-4-18(21)11-17;/h2-4,11-13,19,22H,5-10,14-15H2,1H3;1H. The highest BCUT2D eigenvalue weighted by molar-refractivity contribution is 5.85. The lowest BCUT2D eigenvalue weighted by Gasteiger charge is -2.36. The highest BCUT2D eigenvalue weighted by atomic mass is 35.5. The molecule has 0 aliphatic carbocycles. The SMILES string of the molecule is CN1CCN(c2ncc(CN3CCNCC3c3cccc(F)c3)cn2)CC1.Cl. The first-order valence-corrected chi connectivity index (χ1v) is 9.64. The number of benzene rings is 1. The number of hydrogen-bond donors (Lipinski definition) is 1. The van der Waals surface area contributed by atoms with Gasteiger partial charge >= 0.3 is 0 Å². The number of piperazine rings is 2. The van der Waals surface area contributed by atoms with Crippen LogP contribution in [-0.2, 0) is 6.54 Å². The third-order valence-electron chi connectivity index (χ3n) is 5.45. The number of hydrogen-bond acceptors (Lipinski definition) is 6. The second kappa shape index (κ2) is 9.60. The number of likely N-dealkylation sites (N-methyl/N-ethyl adjacent to an activating group) is 1. The van der Waals surface area contributed by atoms with Gasteiger partial charge in [-0.1, -0.05) is 12.1 Å². The maximum atomic E-state index is 13.7. The van der Waals surface area contributed by atoms with Crippen molar-refractivity contribution in [1.82, 2.24) is 25.1 Å². The zero-order valence-electron chi connectivity index (χ0n) is 16.2. The molecule has 8 heteroatoms. The molecule has 3 heterocycles. The van der Waals surface area contributed by atoms with Crippen molar-refractivity contribution >= 4 is 18.4 Å². The van der Waals surface area contributed by atoms with E-state index in [4.69, 9.17) is 0 Å². The maximum absolute atomic E-state index is 13.7. The first-order chi connectivity index (χ1) is 13.2. The molecule has 0 saturated carbocycles. The first-order valence-electron chi connectivity index (χ1n) is 9.64. The zero-order chi connectivity index (χ0) is 18.6. The van der Waals surface area contributed by atoms with E-state index in [2.05, 4.69) is 37.0 Å². The Morgan fingerprint density at radius 1 is 1.11 bits per heavy atom. The van der Waals surface area contributed by atoms with Gasteiger partial charge in [0.05, 0.1) is 0 Å². The molecule has 2 aliphatic rings. The Labute approximate surface area is 172 Å². The molecule has 1 N–H and O–H groups in total. The fraction of sp³-hybridized carbons (Fsp3) is 0.500. The van der Waals surface area contributed by atoms with Crippen LogP contribution >= 0.6 is 12.4 Å². The van der Waals surface area contributed by atoms with E-state index in [0.29, 0.717) is 0 Å². The summed E-state index contributed by atoms with van der Waals surface area (Å²) in [5.41, 5.74) is 2.10. The summed E-state index contributed by atoms with van der Waals surface area (Å²) in [4.78, 5) is 16.1. The highest BCUT2D eigenvalue weighted by Gasteiger charge is 2.24. The summed E-state index contributed by atoms with van der Waals surface area (Å²) in [6.07, 6.45) is 3.87. The van der Waals surface area contributed by atoms with E-state index in [9.17, 15) is 4.39 Å². The second-order valence-electron chi connectivity index (χ2n) is 7.43. The molecule has 1 aromatic heterocycles. The van der Waals surface area contributed by atoms with Gasteiger partial charge in [0.25, 0.3) is 0 Å². The van der Waals surface area contributed by atoms with E-state index >= 15 is 0 Å². The Kier molecular flexibility index (Phi) is 7.18. The molecule has 6 nitrogen and oxygen atoms in total. The molecular formula is C20H28ClFN6. The predicted molar refractivity (Wildman–Crippen MR) is 111 cm³/mol. The molecule has 2 aliphatic heterocycles. The number of rotatable bonds is 4. The number of nitrogens with one attached hydrogen (secondary N) is 1. The Balaban J connectivity index is 0.00000225. The highest BCUT2D eigenvalue weighted by Crippen LogP contribution is 2.24. The maximum Gasteiger partial charge on any atom is 0.225 e. The molecule has 2 aromatic rings. The van der Waals surface area contributed by atoms with Gasteiger partial charge in [0, 0.05) is 76.4 Å². The van der Waals surface area contributed by atoms with E-state index in [0.717, 1.165) is 69.4 Å². The van der Waals surface area contributed by atoms with Crippen LogP contribution in [0.25, 0.3) is 0 Å². The minimum atomic E-state index is -0.183. The summed E-state index contributed by atoms with van der Waals surface area (Å²) in [6.45, 7) is 7.47. The summed E-state index contributed by atoms with van der Waals surface area (Å²) < 4.78 is 13.7. The average Bonchev–Trinajstić information content (AvgIpc) is 2.70. The topological polar surface area (TPSA) is 47.5 Å². The molecule has 4 rings (SSSR count). The van der Waals surface area contributed by atoms with Crippen molar-refractivity contribution in [2.75, 3.05) is 57.8 Å². The summed E-state index contributed by atoms with van der Waals surface area (Å²) in [5, 5.41) is 3.42. The largest absolute Gasteiger partial charge is 0.338 e. The lowest BCUT2D eigenvalue weighted by molar-refractivity contribution is 0.153. The van der Waals surface area contributed by atoms with Crippen LogP contribution in [0, 0.1) is 5.82 Å². The quantitative estimate of drug-likeness (QED) is 0.837. The third kappa shape index (κ3) is 4.97. The second-order valence-corrected chi connectivity index (χ2v) is 7.43. The minimum absolute atomic E-state index is 0. The van der Waals surface area contributed by atoms with Crippen LogP contribution in [0.15, 0.2) is 36.7 Å². The van der Waals surface area contributed by atoms with Crippen LogP contribution in [0.5, 0.6) is 0 Å². The Bertz CT molecular complexity index is 751. The summed E-state index contributed by atoms with van der Waals surface area (Å²) >= 11 is 0. The van der Waals surface area contributed by atoms with Crippen molar-refractivity contribution in [2.45, 2.75) is 12.6 Å². The van der Waals surface area contributed by atoms with Crippen LogP contribution in [-0.4, -0.2) is 72.6 Å². The van der Waals surface area contributed by atoms with Gasteiger partial charge < -0.3 is 15.1 Å². The lowest BCUT2D eigenvalue weighted by atomic mass is 10.0. The van der Waals surface area contributed by atoms with E-state index in [-0.39, 0.29) is 24.3 Å². The normalized spacial score (nSPS) is 21.4. The molecule has 0 amide bonds. The summed E-state index contributed by atoms with van der Waals surface area (Å²) in [5.74, 6) is 0.631. The molecular weight excluding hydrogens is 379 g/mol. The molecule has 0 bridgehead atoms. The molecule has 1 unspecified atom stereocenters. The van der Waals surface area contributed by atoms with Crippen LogP contribution < -0.4 is 10.2 Å². The summed E-state index contributed by atoms with van der Waals surface area (Å²) in [6, 6.07) is 7.07. The number of anilines is 1. The van der Waals surface area contributed by atoms with Crippen molar-refractivity contribution < 1.29 is 4.39 Å². The van der Waals surface area contributed by atoms with Gasteiger partial charge in [-0.15, -0.1) is 12.4 Å². The van der Waals surface area contributed by atoms with Gasteiger partial charge in [0.1, 0.15) is 5.82 Å². The van der Waals surface area contributed by atoms with Crippen LogP contribution in [0.3, 0.4) is 0 Å². The Hall–Kier alpha value is -1.80.